The first-order chi connectivity index (χ1) is 27.6. The van der Waals surface area contributed by atoms with Crippen LogP contribution in [0.4, 0.5) is 0 Å². The van der Waals surface area contributed by atoms with Crippen molar-refractivity contribution in [1.82, 2.24) is 15.0 Å². The molecule has 0 amide bonds. The van der Waals surface area contributed by atoms with Crippen LogP contribution in [0, 0.1) is 25.8 Å². The quantitative estimate of drug-likeness (QED) is 0.143. The van der Waals surface area contributed by atoms with E-state index in [9.17, 15) is 0 Å². The number of furan rings is 1. The Morgan fingerprint density at radius 3 is 2.10 bits per heavy atom. The number of benzene rings is 3. The van der Waals surface area contributed by atoms with E-state index in [1.165, 1.54) is 12.4 Å². The molecule has 1 radical (unpaired) electrons. The molecule has 0 N–H and O–H groups in total. The first kappa shape index (κ1) is 27.2. The molecule has 0 saturated carbocycles. The Hall–Kier alpha value is -4.44. The number of pyridine rings is 3. The second-order valence-electron chi connectivity index (χ2n) is 12.6. The number of aromatic nitrogens is 3. The fourth-order valence-corrected chi connectivity index (χ4v) is 6.22. The molecule has 5 heteroatoms. The van der Waals surface area contributed by atoms with Crippen molar-refractivity contribution >= 4 is 22.1 Å². The van der Waals surface area contributed by atoms with Gasteiger partial charge in [-0.25, -0.2) is 4.98 Å². The molecule has 4 heterocycles. The maximum atomic E-state index is 8.91. The standard InChI is InChI=1S/C34H37N2O.C12H10N.Ir/c1-8-23(9-2)29-19-35-31(18-22(29)7)28-15-11-14-26-27-16-17-30(36-34(27)37-33(26)28)32-24(20(3)4)12-10-13-25(32)21(5)6;1-10-7-8-12(13-9-10)11-5-3-2-4-6-11;/h10-14,16-21,23H,8-9H2,1-7H3;2-5,7-9H,1H3;/q2*-1;/i7D3,20D,21D,23D;1D3;. The van der Waals surface area contributed by atoms with Gasteiger partial charge in [-0.05, 0) is 90.0 Å². The molecule has 3 aromatic carbocycles. The molecule has 263 valence electrons. The minimum atomic E-state index is -2.43. The molecule has 4 nitrogen and oxygen atoms in total. The van der Waals surface area contributed by atoms with Gasteiger partial charge in [0.15, 0.2) is 0 Å². The van der Waals surface area contributed by atoms with Crippen molar-refractivity contribution < 1.29 is 36.9 Å². The summed E-state index contributed by atoms with van der Waals surface area (Å²) in [4.78, 5) is 13.7. The summed E-state index contributed by atoms with van der Waals surface area (Å²) in [6.45, 7) is 6.55. The summed E-state index contributed by atoms with van der Waals surface area (Å²) in [5, 5.41) is 1.56. The number of hydrogen-bond donors (Lipinski definition) is 0. The number of aryl methyl sites for hydroxylation is 2. The van der Waals surface area contributed by atoms with E-state index in [-0.39, 0.29) is 31.2 Å². The van der Waals surface area contributed by atoms with E-state index in [4.69, 9.17) is 21.7 Å². The minimum Gasteiger partial charge on any atom is -0.486 e. The topological polar surface area (TPSA) is 51.8 Å². The molecule has 0 spiro atoms. The summed E-state index contributed by atoms with van der Waals surface area (Å²) in [7, 11) is 0. The number of fused-ring (bicyclic) bond motifs is 3. The van der Waals surface area contributed by atoms with E-state index in [1.54, 1.807) is 30.3 Å². The summed E-state index contributed by atoms with van der Waals surface area (Å²) >= 11 is 0. The first-order valence-corrected chi connectivity index (χ1v) is 16.9. The SMILES string of the molecule is [2H]C([2H])([2H])c1cc(-c2[c-]ccc3c2oc2nc(-c4c(C([2H])(C)C)cccc4C([2H])(C)C)ccc23)ncc1C([2H])(CC)CC.[2H]C([2H])([2H])c1ccc(-c2[c-]cccc2)nc1.[Ir]. The number of rotatable bonds is 8. The van der Waals surface area contributed by atoms with Gasteiger partial charge in [0.05, 0.1) is 11.3 Å². The van der Waals surface area contributed by atoms with Crippen LogP contribution in [0.25, 0.3) is 55.8 Å². The van der Waals surface area contributed by atoms with Crippen molar-refractivity contribution in [2.45, 2.75) is 85.8 Å². The van der Waals surface area contributed by atoms with Crippen LogP contribution in [0.3, 0.4) is 0 Å². The third-order valence-electron chi connectivity index (χ3n) is 8.84. The van der Waals surface area contributed by atoms with Gasteiger partial charge in [0.25, 0.3) is 0 Å². The second kappa shape index (κ2) is 16.7. The Morgan fingerprint density at radius 2 is 1.47 bits per heavy atom. The van der Waals surface area contributed by atoms with Crippen LogP contribution in [0.1, 0.15) is 112 Å². The van der Waals surface area contributed by atoms with E-state index in [2.05, 4.69) is 22.1 Å². The van der Waals surface area contributed by atoms with Crippen LogP contribution >= 0.6 is 0 Å². The Morgan fingerprint density at radius 1 is 0.725 bits per heavy atom. The van der Waals surface area contributed by atoms with Crippen molar-refractivity contribution in [3.8, 4) is 33.8 Å². The molecule has 0 fully saturated rings. The van der Waals surface area contributed by atoms with E-state index >= 15 is 0 Å². The van der Waals surface area contributed by atoms with Gasteiger partial charge in [0, 0.05) is 55.8 Å². The Kier molecular flexibility index (Phi) is 8.93. The third kappa shape index (κ3) is 8.06. The van der Waals surface area contributed by atoms with Crippen LogP contribution in [0.2, 0.25) is 0 Å². The molecule has 0 aliphatic rings. The van der Waals surface area contributed by atoms with E-state index in [1.807, 2.05) is 96.1 Å². The molecular formula is C46H47IrN3O-2. The summed E-state index contributed by atoms with van der Waals surface area (Å²) in [5.74, 6) is -2.90. The van der Waals surface area contributed by atoms with E-state index in [0.717, 1.165) is 38.7 Å². The largest absolute Gasteiger partial charge is 0.486 e. The Bertz CT molecular complexity index is 2550. The molecule has 7 rings (SSSR count). The molecule has 0 bridgehead atoms. The van der Waals surface area contributed by atoms with Crippen LogP contribution in [-0.2, 0) is 20.1 Å². The van der Waals surface area contributed by atoms with Gasteiger partial charge in [-0.3, -0.25) is 0 Å². The van der Waals surface area contributed by atoms with Crippen molar-refractivity contribution in [3.63, 3.8) is 0 Å². The molecular weight excluding hydrogens is 803 g/mol. The van der Waals surface area contributed by atoms with Crippen molar-refractivity contribution in [2.75, 3.05) is 0 Å². The molecule has 0 aliphatic heterocycles. The third-order valence-corrected chi connectivity index (χ3v) is 8.84. The number of hydrogen-bond acceptors (Lipinski definition) is 4. The zero-order chi connectivity index (χ0) is 43.1. The smallest absolute Gasteiger partial charge is 0.216 e. The van der Waals surface area contributed by atoms with Crippen LogP contribution < -0.4 is 0 Å². The minimum absolute atomic E-state index is 0. The summed E-state index contributed by atoms with van der Waals surface area (Å²) in [5.41, 5.74) is 7.05. The maximum Gasteiger partial charge on any atom is 0.216 e. The monoisotopic (exact) mass is 859 g/mol. The van der Waals surface area contributed by atoms with Gasteiger partial charge in [-0.1, -0.05) is 94.5 Å². The summed E-state index contributed by atoms with van der Waals surface area (Å²) in [6.07, 6.45) is 3.84. The summed E-state index contributed by atoms with van der Waals surface area (Å²) in [6, 6.07) is 31.7. The fraction of sp³-hybridized carbons (Fsp3) is 0.283. The molecule has 51 heavy (non-hydrogen) atoms. The Labute approximate surface area is 329 Å². The zero-order valence-electron chi connectivity index (χ0n) is 38.7. The zero-order valence-corrected chi connectivity index (χ0v) is 32.1. The van der Waals surface area contributed by atoms with Gasteiger partial charge in [-0.2, -0.15) is 0 Å². The van der Waals surface area contributed by atoms with Crippen molar-refractivity contribution in [2.24, 2.45) is 0 Å². The number of nitrogens with zero attached hydrogens (tertiary/aromatic N) is 3. The molecule has 0 saturated heterocycles. The summed E-state index contributed by atoms with van der Waals surface area (Å²) < 4.78 is 79.3. The van der Waals surface area contributed by atoms with E-state index in [0.29, 0.717) is 46.7 Å². The second-order valence-corrected chi connectivity index (χ2v) is 12.6. The van der Waals surface area contributed by atoms with Gasteiger partial charge in [0.1, 0.15) is 0 Å². The van der Waals surface area contributed by atoms with Gasteiger partial charge >= 0.3 is 0 Å². The maximum absolute atomic E-state index is 8.91. The fourth-order valence-electron chi connectivity index (χ4n) is 6.22. The normalized spacial score (nSPS) is 15.0. The van der Waals surface area contributed by atoms with Gasteiger partial charge in [-0.15, -0.1) is 54.1 Å². The van der Waals surface area contributed by atoms with Crippen molar-refractivity contribution in [1.29, 1.82) is 0 Å². The van der Waals surface area contributed by atoms with Gasteiger partial charge in [0.2, 0.25) is 5.71 Å². The van der Waals surface area contributed by atoms with Gasteiger partial charge < -0.3 is 14.4 Å². The predicted octanol–water partition coefficient (Wildman–Crippen LogP) is 12.8. The molecule has 7 aromatic rings. The van der Waals surface area contributed by atoms with E-state index < -0.39 is 31.4 Å². The predicted molar refractivity (Wildman–Crippen MR) is 209 cm³/mol. The average Bonchev–Trinajstić information content (AvgIpc) is 3.57. The van der Waals surface area contributed by atoms with Crippen LogP contribution in [0.5, 0.6) is 0 Å². The molecule has 0 unspecified atom stereocenters. The first-order valence-electron chi connectivity index (χ1n) is 21.4. The van der Waals surface area contributed by atoms with Crippen LogP contribution in [0.15, 0.2) is 102 Å². The molecule has 0 atom stereocenters. The van der Waals surface area contributed by atoms with Crippen LogP contribution in [-0.4, -0.2) is 15.0 Å². The molecule has 0 aliphatic carbocycles. The average molecular weight is 859 g/mol. The molecule has 4 aromatic heterocycles. The Balaban J connectivity index is 0.000000336. The van der Waals surface area contributed by atoms with Crippen molar-refractivity contribution in [3.05, 3.63) is 137 Å².